The van der Waals surface area contributed by atoms with E-state index in [1.807, 2.05) is 0 Å². The Balaban J connectivity index is 2.32. The third kappa shape index (κ3) is 29.3. The van der Waals surface area contributed by atoms with Gasteiger partial charge in [-0.2, -0.15) is 0 Å². The van der Waals surface area contributed by atoms with Crippen molar-refractivity contribution >= 4 is 5.91 Å². The molecule has 1 fully saturated rings. The second kappa shape index (κ2) is 38.6. The van der Waals surface area contributed by atoms with Crippen LogP contribution in [0.25, 0.3) is 0 Å². The minimum atomic E-state index is -1.55. The van der Waals surface area contributed by atoms with Gasteiger partial charge in [0.1, 0.15) is 24.4 Å². The molecule has 1 aliphatic rings. The number of ether oxygens (including phenoxy) is 2. The molecule has 9 nitrogen and oxygen atoms in total. The first-order valence-electron chi connectivity index (χ1n) is 23.7. The summed E-state index contributed by atoms with van der Waals surface area (Å²) in [5.74, 6) is -0.155. The standard InChI is InChI=1S/C48H89NO8/c1-3-5-7-9-11-13-15-17-19-21-23-25-27-29-31-33-35-37-42(51)41(40-56-48-47(55)46(54)45(53)43(39-50)57-48)49-44(52)38-36-34-32-30-28-26-24-22-20-18-16-14-12-10-8-6-4-2/h6,8,12,14,18,20,41-43,45-48,50-51,53-55H,3-5,7,9-11,13,15-17,19,21-40H2,1-2H3,(H,49,52)/b8-6-,14-12-,20-18-. The molecule has 0 radical (unpaired) electrons. The van der Waals surface area contributed by atoms with Gasteiger partial charge in [0.25, 0.3) is 0 Å². The van der Waals surface area contributed by atoms with Crippen molar-refractivity contribution in [3.63, 3.8) is 0 Å². The minimum absolute atomic E-state index is 0.142. The molecule has 0 aromatic heterocycles. The van der Waals surface area contributed by atoms with Gasteiger partial charge >= 0.3 is 0 Å². The topological polar surface area (TPSA) is 149 Å². The summed E-state index contributed by atoms with van der Waals surface area (Å²) in [5.41, 5.74) is 0. The maximum absolute atomic E-state index is 13.0. The first-order chi connectivity index (χ1) is 27.8. The maximum atomic E-state index is 13.0. The normalized spacial score (nSPS) is 21.3. The zero-order valence-corrected chi connectivity index (χ0v) is 36.6. The molecule has 0 saturated carbocycles. The molecule has 6 N–H and O–H groups in total. The Kier molecular flexibility index (Phi) is 36.2. The molecule has 7 unspecified atom stereocenters. The zero-order chi connectivity index (χ0) is 41.6. The van der Waals surface area contributed by atoms with Gasteiger partial charge in [-0.05, 0) is 44.9 Å². The lowest BCUT2D eigenvalue weighted by Gasteiger charge is -2.40. The predicted molar refractivity (Wildman–Crippen MR) is 235 cm³/mol. The number of amides is 1. The van der Waals surface area contributed by atoms with Gasteiger partial charge in [0.05, 0.1) is 25.4 Å². The van der Waals surface area contributed by atoms with Crippen molar-refractivity contribution in [3.8, 4) is 0 Å². The molecule has 1 saturated heterocycles. The molecule has 1 amide bonds. The van der Waals surface area contributed by atoms with Crippen molar-refractivity contribution in [3.05, 3.63) is 36.5 Å². The highest BCUT2D eigenvalue weighted by molar-refractivity contribution is 5.76. The van der Waals surface area contributed by atoms with Gasteiger partial charge in [0.15, 0.2) is 6.29 Å². The molecule has 0 aromatic rings. The van der Waals surface area contributed by atoms with Crippen LogP contribution < -0.4 is 5.32 Å². The maximum Gasteiger partial charge on any atom is 0.220 e. The van der Waals surface area contributed by atoms with Gasteiger partial charge in [-0.25, -0.2) is 0 Å². The highest BCUT2D eigenvalue weighted by atomic mass is 16.7. The van der Waals surface area contributed by atoms with Crippen LogP contribution in [-0.2, 0) is 14.3 Å². The highest BCUT2D eigenvalue weighted by Crippen LogP contribution is 2.23. The summed E-state index contributed by atoms with van der Waals surface area (Å²) < 4.78 is 11.3. The van der Waals surface area contributed by atoms with Crippen molar-refractivity contribution < 1.29 is 39.8 Å². The van der Waals surface area contributed by atoms with Crippen LogP contribution in [0.15, 0.2) is 36.5 Å². The van der Waals surface area contributed by atoms with Crippen LogP contribution in [0.4, 0.5) is 0 Å². The molecule has 0 spiro atoms. The SMILES string of the molecule is CC/C=C\C/C=C\C/C=C\CCCCCCCCCC(=O)NC(COC1OC(CO)C(O)C(O)C1O)C(O)CCCCCCCCCCCCCCCCCCC. The summed E-state index contributed by atoms with van der Waals surface area (Å²) in [6, 6.07) is -0.723. The minimum Gasteiger partial charge on any atom is -0.394 e. The number of hydrogen-bond acceptors (Lipinski definition) is 8. The van der Waals surface area contributed by atoms with E-state index >= 15 is 0 Å². The predicted octanol–water partition coefficient (Wildman–Crippen LogP) is 10.1. The molecule has 1 aliphatic heterocycles. The molecule has 0 aliphatic carbocycles. The fourth-order valence-corrected chi connectivity index (χ4v) is 7.47. The summed E-state index contributed by atoms with van der Waals surface area (Å²) in [4.78, 5) is 13.0. The van der Waals surface area contributed by atoms with Crippen molar-refractivity contribution in [1.82, 2.24) is 5.32 Å². The Labute approximate surface area is 349 Å². The van der Waals surface area contributed by atoms with E-state index in [0.29, 0.717) is 12.8 Å². The number of aliphatic hydroxyl groups excluding tert-OH is 5. The highest BCUT2D eigenvalue weighted by Gasteiger charge is 2.44. The molecular weight excluding hydrogens is 719 g/mol. The van der Waals surface area contributed by atoms with Gasteiger partial charge in [0.2, 0.25) is 5.91 Å². The average molecular weight is 808 g/mol. The quantitative estimate of drug-likeness (QED) is 0.0266. The summed E-state index contributed by atoms with van der Waals surface area (Å²) in [6.45, 7) is 3.72. The fourth-order valence-electron chi connectivity index (χ4n) is 7.47. The van der Waals surface area contributed by atoms with Gasteiger partial charge in [-0.3, -0.25) is 4.79 Å². The molecule has 0 bridgehead atoms. The van der Waals surface area contributed by atoms with E-state index in [9.17, 15) is 30.3 Å². The molecular formula is C48H89NO8. The summed E-state index contributed by atoms with van der Waals surface area (Å²) in [6.07, 6.45) is 40.0. The van der Waals surface area contributed by atoms with Crippen molar-refractivity contribution in [2.75, 3.05) is 13.2 Å². The third-order valence-electron chi connectivity index (χ3n) is 11.3. The Bertz CT molecular complexity index is 987. The molecule has 334 valence electrons. The first-order valence-corrected chi connectivity index (χ1v) is 23.7. The average Bonchev–Trinajstić information content (AvgIpc) is 3.21. The number of allylic oxidation sites excluding steroid dienone is 6. The summed E-state index contributed by atoms with van der Waals surface area (Å²) >= 11 is 0. The van der Waals surface area contributed by atoms with Crippen LogP contribution in [0, 0.1) is 0 Å². The summed E-state index contributed by atoms with van der Waals surface area (Å²) in [5, 5.41) is 54.4. The number of carbonyl (C=O) groups is 1. The van der Waals surface area contributed by atoms with Crippen molar-refractivity contribution in [2.45, 2.75) is 249 Å². The lowest BCUT2D eigenvalue weighted by molar-refractivity contribution is -0.302. The molecule has 7 atom stereocenters. The van der Waals surface area contributed by atoms with Crippen LogP contribution >= 0.6 is 0 Å². The number of aliphatic hydroxyl groups is 5. The Hall–Kier alpha value is -1.59. The van der Waals surface area contributed by atoms with Gasteiger partial charge in [-0.15, -0.1) is 0 Å². The van der Waals surface area contributed by atoms with E-state index in [-0.39, 0.29) is 12.5 Å². The van der Waals surface area contributed by atoms with Crippen LogP contribution in [0.2, 0.25) is 0 Å². The second-order valence-corrected chi connectivity index (χ2v) is 16.5. The van der Waals surface area contributed by atoms with Crippen LogP contribution in [0.3, 0.4) is 0 Å². The fraction of sp³-hybridized carbons (Fsp3) is 0.854. The largest absolute Gasteiger partial charge is 0.394 e. The monoisotopic (exact) mass is 808 g/mol. The van der Waals surface area contributed by atoms with E-state index in [4.69, 9.17) is 9.47 Å². The third-order valence-corrected chi connectivity index (χ3v) is 11.3. The van der Waals surface area contributed by atoms with Gasteiger partial charge in [-0.1, -0.05) is 192 Å². The zero-order valence-electron chi connectivity index (χ0n) is 36.6. The molecule has 0 aromatic carbocycles. The molecule has 1 rings (SSSR count). The second-order valence-electron chi connectivity index (χ2n) is 16.5. The van der Waals surface area contributed by atoms with Crippen LogP contribution in [-0.4, -0.2) is 87.5 Å². The number of unbranched alkanes of at least 4 members (excludes halogenated alkanes) is 23. The van der Waals surface area contributed by atoms with Gasteiger partial charge in [0, 0.05) is 6.42 Å². The lowest BCUT2D eigenvalue weighted by atomic mass is 9.99. The van der Waals surface area contributed by atoms with Crippen molar-refractivity contribution in [1.29, 1.82) is 0 Å². The number of nitrogens with one attached hydrogen (secondary N) is 1. The van der Waals surface area contributed by atoms with Crippen LogP contribution in [0.5, 0.6) is 0 Å². The number of rotatable bonds is 39. The number of carbonyl (C=O) groups excluding carboxylic acids is 1. The van der Waals surface area contributed by atoms with Crippen molar-refractivity contribution in [2.24, 2.45) is 0 Å². The van der Waals surface area contributed by atoms with E-state index in [1.54, 1.807) is 0 Å². The number of hydrogen-bond donors (Lipinski definition) is 6. The summed E-state index contributed by atoms with van der Waals surface area (Å²) in [7, 11) is 0. The Morgan fingerprint density at radius 3 is 1.61 bits per heavy atom. The van der Waals surface area contributed by atoms with E-state index in [0.717, 1.165) is 70.6 Å². The van der Waals surface area contributed by atoms with E-state index in [1.165, 1.54) is 109 Å². The van der Waals surface area contributed by atoms with E-state index in [2.05, 4.69) is 55.6 Å². The van der Waals surface area contributed by atoms with Crippen LogP contribution in [0.1, 0.15) is 206 Å². The molecule has 57 heavy (non-hydrogen) atoms. The Morgan fingerprint density at radius 1 is 0.614 bits per heavy atom. The lowest BCUT2D eigenvalue weighted by Crippen LogP contribution is -2.60. The van der Waals surface area contributed by atoms with E-state index < -0.39 is 49.5 Å². The molecule has 9 heteroatoms. The smallest absolute Gasteiger partial charge is 0.220 e. The first kappa shape index (κ1) is 53.4. The van der Waals surface area contributed by atoms with Gasteiger partial charge < -0.3 is 40.3 Å². The molecule has 1 heterocycles. The Morgan fingerprint density at radius 2 is 1.09 bits per heavy atom.